The second-order valence-electron chi connectivity index (χ2n) is 18.8. The van der Waals surface area contributed by atoms with Gasteiger partial charge in [-0.15, -0.1) is 0 Å². The Kier molecular flexibility index (Phi) is 9.47. The third-order valence-electron chi connectivity index (χ3n) is 15.0. The second kappa shape index (κ2) is 16.5. The average Bonchev–Trinajstić information content (AvgIpc) is 3.91. The zero-order valence-corrected chi connectivity index (χ0v) is 39.0. The highest BCUT2D eigenvalue weighted by atomic mass is 15.1. The number of nitrogens with zero attached hydrogens (tertiary/aromatic N) is 2. The molecule has 2 aliphatic carbocycles. The summed E-state index contributed by atoms with van der Waals surface area (Å²) in [5, 5.41) is 4.86. The van der Waals surface area contributed by atoms with E-state index in [0.717, 1.165) is 34.1 Å². The highest BCUT2D eigenvalue weighted by Gasteiger charge is 2.52. The van der Waals surface area contributed by atoms with Crippen LogP contribution < -0.4 is 9.80 Å². The van der Waals surface area contributed by atoms with E-state index in [1.165, 1.54) is 88.3 Å². The maximum atomic E-state index is 2.54. The molecule has 2 nitrogen and oxygen atoms in total. The lowest BCUT2D eigenvalue weighted by atomic mass is 9.70. The third-order valence-corrected chi connectivity index (χ3v) is 15.0. The second-order valence-corrected chi connectivity index (χ2v) is 18.8. The summed E-state index contributed by atoms with van der Waals surface area (Å²) in [6.07, 6.45) is 0. The summed E-state index contributed by atoms with van der Waals surface area (Å²) in [4.78, 5) is 4.85. The van der Waals surface area contributed by atoms with Crippen molar-refractivity contribution in [3.8, 4) is 44.5 Å². The van der Waals surface area contributed by atoms with Gasteiger partial charge in [0.2, 0.25) is 0 Å². The van der Waals surface area contributed by atoms with E-state index < -0.39 is 5.41 Å². The van der Waals surface area contributed by atoms with Crippen LogP contribution >= 0.6 is 0 Å². The van der Waals surface area contributed by atoms with Gasteiger partial charge in [0, 0.05) is 33.8 Å². The molecular weight excluding hydrogens is 857 g/mol. The van der Waals surface area contributed by atoms with Crippen LogP contribution in [-0.4, -0.2) is 0 Å². The van der Waals surface area contributed by atoms with E-state index in [1.54, 1.807) is 0 Å². The Hall–Kier alpha value is -9.24. The fourth-order valence-electron chi connectivity index (χ4n) is 11.9. The van der Waals surface area contributed by atoms with Crippen LogP contribution in [0.2, 0.25) is 0 Å². The summed E-state index contributed by atoms with van der Waals surface area (Å²) < 4.78 is 0. The molecule has 0 unspecified atom stereocenters. The zero-order chi connectivity index (χ0) is 46.9. The van der Waals surface area contributed by atoms with E-state index >= 15 is 0 Å². The summed E-state index contributed by atoms with van der Waals surface area (Å²) in [6, 6.07) is 103. The van der Waals surface area contributed by atoms with Gasteiger partial charge in [-0.3, -0.25) is 0 Å². The Balaban J connectivity index is 1.01. The van der Waals surface area contributed by atoms with E-state index in [1.807, 2.05) is 0 Å². The molecule has 14 rings (SSSR count). The molecule has 0 saturated heterocycles. The van der Waals surface area contributed by atoms with Crippen molar-refractivity contribution < 1.29 is 0 Å². The number of hydrogen-bond acceptors (Lipinski definition) is 2. The highest BCUT2D eigenvalue weighted by Crippen LogP contribution is 2.65. The Morgan fingerprint density at radius 3 is 1.25 bits per heavy atom. The van der Waals surface area contributed by atoms with Crippen LogP contribution in [0.3, 0.4) is 0 Å². The standard InChI is InChI=1S/C69H46N2/c1-5-19-47(20-6-1)49-33-38-55(39-34-49)70(53-23-9-3-10-24-53)57-42-37-51-44-62-65(45-52(51)43-57)69(63-31-17-15-27-58(63)59-28-16-18-32-64(59)69)66-46-67(60-29-13-14-30-61(60)68(62)66)71(54-25-11-4-12-26-54)56-40-35-50(36-41-56)48-21-7-2-8-22-48/h1-46H. The number of rotatable bonds is 8. The number of benzene rings is 12. The smallest absolute Gasteiger partial charge is 0.0726 e. The van der Waals surface area contributed by atoms with Gasteiger partial charge in [-0.25, -0.2) is 0 Å². The van der Waals surface area contributed by atoms with Crippen molar-refractivity contribution in [1.29, 1.82) is 0 Å². The molecule has 0 heterocycles. The largest absolute Gasteiger partial charge is 0.310 e. The van der Waals surface area contributed by atoms with Crippen LogP contribution in [-0.2, 0) is 5.41 Å². The molecular formula is C69H46N2. The maximum Gasteiger partial charge on any atom is 0.0726 e. The Bertz CT molecular complexity index is 3910. The van der Waals surface area contributed by atoms with Gasteiger partial charge in [-0.05, 0) is 162 Å². The topological polar surface area (TPSA) is 6.48 Å². The van der Waals surface area contributed by atoms with Crippen LogP contribution in [0.25, 0.3) is 66.1 Å². The fraction of sp³-hybridized carbons (Fsp3) is 0.0145. The molecule has 332 valence electrons. The van der Waals surface area contributed by atoms with Gasteiger partial charge in [0.1, 0.15) is 0 Å². The monoisotopic (exact) mass is 902 g/mol. The van der Waals surface area contributed by atoms with Gasteiger partial charge in [-0.2, -0.15) is 0 Å². The maximum absolute atomic E-state index is 2.54. The lowest BCUT2D eigenvalue weighted by Gasteiger charge is -2.33. The van der Waals surface area contributed by atoms with Crippen molar-refractivity contribution in [3.05, 3.63) is 301 Å². The molecule has 0 radical (unpaired) electrons. The molecule has 1 spiro atoms. The molecule has 12 aromatic rings. The summed E-state index contributed by atoms with van der Waals surface area (Å²) in [5.74, 6) is 0. The van der Waals surface area contributed by atoms with Crippen molar-refractivity contribution >= 4 is 55.7 Å². The molecule has 0 fully saturated rings. The van der Waals surface area contributed by atoms with Crippen LogP contribution in [0.4, 0.5) is 34.1 Å². The van der Waals surface area contributed by atoms with Crippen molar-refractivity contribution in [1.82, 2.24) is 0 Å². The third kappa shape index (κ3) is 6.42. The number of fused-ring (bicyclic) bond motifs is 13. The summed E-state index contributed by atoms with van der Waals surface area (Å²) >= 11 is 0. The van der Waals surface area contributed by atoms with Crippen LogP contribution in [0, 0.1) is 0 Å². The minimum Gasteiger partial charge on any atom is -0.310 e. The van der Waals surface area contributed by atoms with E-state index in [4.69, 9.17) is 0 Å². The first-order valence-corrected chi connectivity index (χ1v) is 24.6. The Morgan fingerprint density at radius 1 is 0.239 bits per heavy atom. The summed E-state index contributed by atoms with van der Waals surface area (Å²) in [6.45, 7) is 0. The van der Waals surface area contributed by atoms with E-state index in [2.05, 4.69) is 289 Å². The van der Waals surface area contributed by atoms with E-state index in [-0.39, 0.29) is 0 Å². The highest BCUT2D eigenvalue weighted by molar-refractivity contribution is 6.13. The predicted octanol–water partition coefficient (Wildman–Crippen LogP) is 18.6. The van der Waals surface area contributed by atoms with Crippen LogP contribution in [0.5, 0.6) is 0 Å². The van der Waals surface area contributed by atoms with Gasteiger partial charge in [0.15, 0.2) is 0 Å². The average molecular weight is 903 g/mol. The summed E-state index contributed by atoms with van der Waals surface area (Å²) in [5.41, 5.74) is 21.3. The number of hydrogen-bond donors (Lipinski definition) is 0. The van der Waals surface area contributed by atoms with Gasteiger partial charge < -0.3 is 9.80 Å². The lowest BCUT2D eigenvalue weighted by molar-refractivity contribution is 0.795. The van der Waals surface area contributed by atoms with Crippen molar-refractivity contribution in [2.24, 2.45) is 0 Å². The van der Waals surface area contributed by atoms with Gasteiger partial charge in [0.25, 0.3) is 0 Å². The van der Waals surface area contributed by atoms with E-state index in [9.17, 15) is 0 Å². The SMILES string of the molecule is c1ccc(-c2ccc(N(c3ccccc3)c3ccc4cc5c(cc4c3)C3(c4ccccc4-c4ccccc43)c3cc(N(c4ccccc4)c4ccc(-c6ccccc6)cc4)c4ccccc4c3-5)cc2)cc1. The molecule has 0 atom stereocenters. The van der Waals surface area contributed by atoms with Gasteiger partial charge in [0.05, 0.1) is 11.1 Å². The molecule has 0 saturated carbocycles. The zero-order valence-electron chi connectivity index (χ0n) is 39.0. The first kappa shape index (κ1) is 40.8. The predicted molar refractivity (Wildman–Crippen MR) is 298 cm³/mol. The van der Waals surface area contributed by atoms with Crippen LogP contribution in [0.1, 0.15) is 22.3 Å². The molecule has 71 heavy (non-hydrogen) atoms. The summed E-state index contributed by atoms with van der Waals surface area (Å²) in [7, 11) is 0. The first-order valence-electron chi connectivity index (χ1n) is 24.6. The minimum absolute atomic E-state index is 0.591. The Labute approximate surface area is 414 Å². The van der Waals surface area contributed by atoms with Crippen molar-refractivity contribution in [2.75, 3.05) is 9.80 Å². The number of para-hydroxylation sites is 2. The molecule has 0 bridgehead atoms. The van der Waals surface area contributed by atoms with Gasteiger partial charge >= 0.3 is 0 Å². The lowest BCUT2D eigenvalue weighted by Crippen LogP contribution is -2.26. The first-order chi connectivity index (χ1) is 35.2. The number of anilines is 6. The molecule has 12 aromatic carbocycles. The minimum atomic E-state index is -0.591. The quantitative estimate of drug-likeness (QED) is 0.150. The normalized spacial score (nSPS) is 12.6. The van der Waals surface area contributed by atoms with Gasteiger partial charge in [-0.1, -0.05) is 200 Å². The molecule has 0 N–H and O–H groups in total. The van der Waals surface area contributed by atoms with E-state index in [0.29, 0.717) is 0 Å². The fourth-order valence-corrected chi connectivity index (χ4v) is 11.9. The molecule has 0 aliphatic heterocycles. The van der Waals surface area contributed by atoms with Crippen molar-refractivity contribution in [3.63, 3.8) is 0 Å². The van der Waals surface area contributed by atoms with Crippen molar-refractivity contribution in [2.45, 2.75) is 5.41 Å². The molecule has 2 heteroatoms. The molecule has 0 aromatic heterocycles. The van der Waals surface area contributed by atoms with Crippen LogP contribution in [0.15, 0.2) is 279 Å². The Morgan fingerprint density at radius 2 is 0.676 bits per heavy atom. The molecule has 2 aliphatic rings. The molecule has 0 amide bonds.